The molecule has 0 bridgehead atoms. The Morgan fingerprint density at radius 3 is 2.12 bits per heavy atom. The van der Waals surface area contributed by atoms with Crippen LogP contribution in [0.3, 0.4) is 0 Å². The predicted octanol–water partition coefficient (Wildman–Crippen LogP) is 1.35. The van der Waals surface area contributed by atoms with Gasteiger partial charge in [0.05, 0.1) is 23.2 Å². The number of rotatable bonds is 4. The molecule has 3 N–H and O–H groups in total. The minimum Gasteiger partial charge on any atom is -0.389 e. The first kappa shape index (κ1) is 14.5. The summed E-state index contributed by atoms with van der Waals surface area (Å²) in [6.07, 6.45) is 3.50. The summed E-state index contributed by atoms with van der Waals surface area (Å²) in [6, 6.07) is 0. The normalized spacial score (nSPS) is 20.4. The molecule has 1 amide bonds. The third kappa shape index (κ3) is 3.68. The maximum atomic E-state index is 11.9. The second kappa shape index (κ2) is 4.58. The van der Waals surface area contributed by atoms with Crippen LogP contribution in [0.4, 0.5) is 0 Å². The molecule has 0 aromatic rings. The molecule has 0 atom stereocenters. The largest absolute Gasteiger partial charge is 0.389 e. The molecule has 1 rings (SSSR count). The first-order valence-corrected chi connectivity index (χ1v) is 6.32. The summed E-state index contributed by atoms with van der Waals surface area (Å²) >= 11 is 0. The van der Waals surface area contributed by atoms with E-state index in [1.54, 1.807) is 27.7 Å². The maximum absolute atomic E-state index is 11.9. The summed E-state index contributed by atoms with van der Waals surface area (Å²) in [6.45, 7) is 6.89. The molecule has 4 heteroatoms. The molecular formula is C13H25NO3. The van der Waals surface area contributed by atoms with Crippen LogP contribution in [0.5, 0.6) is 0 Å². The van der Waals surface area contributed by atoms with Crippen molar-refractivity contribution in [3.63, 3.8) is 0 Å². The Kier molecular flexibility index (Phi) is 3.89. The number of carbonyl (C=O) groups is 1. The Morgan fingerprint density at radius 2 is 1.71 bits per heavy atom. The number of hydrogen-bond acceptors (Lipinski definition) is 3. The minimum atomic E-state index is -0.999. The minimum absolute atomic E-state index is 0.131. The zero-order chi connectivity index (χ0) is 13.3. The van der Waals surface area contributed by atoms with Gasteiger partial charge in [0.2, 0.25) is 5.91 Å². The van der Waals surface area contributed by atoms with Gasteiger partial charge < -0.3 is 15.5 Å². The van der Waals surface area contributed by atoms with Crippen LogP contribution in [0.25, 0.3) is 0 Å². The van der Waals surface area contributed by atoms with Gasteiger partial charge in [-0.2, -0.15) is 0 Å². The summed E-state index contributed by atoms with van der Waals surface area (Å²) in [5, 5.41) is 22.9. The van der Waals surface area contributed by atoms with Gasteiger partial charge in [-0.3, -0.25) is 4.79 Å². The average Bonchev–Trinajstić information content (AvgIpc) is 2.47. The van der Waals surface area contributed by atoms with Gasteiger partial charge in [0.25, 0.3) is 0 Å². The molecule has 0 aliphatic heterocycles. The first-order valence-electron chi connectivity index (χ1n) is 6.32. The molecule has 0 spiro atoms. The van der Waals surface area contributed by atoms with E-state index in [9.17, 15) is 15.0 Å². The smallest absolute Gasteiger partial charge is 0.223 e. The number of amides is 1. The van der Waals surface area contributed by atoms with Gasteiger partial charge in [0.1, 0.15) is 0 Å². The van der Waals surface area contributed by atoms with E-state index >= 15 is 0 Å². The van der Waals surface area contributed by atoms with E-state index in [2.05, 4.69) is 5.32 Å². The lowest BCUT2D eigenvalue weighted by atomic mass is 9.85. The average molecular weight is 243 g/mol. The zero-order valence-electron chi connectivity index (χ0n) is 11.3. The highest BCUT2D eigenvalue weighted by Gasteiger charge is 2.39. The van der Waals surface area contributed by atoms with Crippen molar-refractivity contribution in [2.75, 3.05) is 0 Å². The van der Waals surface area contributed by atoms with Crippen molar-refractivity contribution < 1.29 is 15.0 Å². The number of aliphatic hydroxyl groups is 2. The van der Waals surface area contributed by atoms with E-state index in [1.165, 1.54) is 0 Å². The van der Waals surface area contributed by atoms with Crippen LogP contribution in [0.1, 0.15) is 59.8 Å². The van der Waals surface area contributed by atoms with Crippen LogP contribution in [-0.2, 0) is 4.79 Å². The van der Waals surface area contributed by atoms with E-state index in [0.29, 0.717) is 12.8 Å². The van der Waals surface area contributed by atoms with E-state index in [0.717, 1.165) is 12.8 Å². The molecule has 0 aromatic carbocycles. The molecule has 1 saturated carbocycles. The topological polar surface area (TPSA) is 69.6 Å². The van der Waals surface area contributed by atoms with Crippen LogP contribution in [0, 0.1) is 0 Å². The maximum Gasteiger partial charge on any atom is 0.223 e. The van der Waals surface area contributed by atoms with Crippen LogP contribution in [0.2, 0.25) is 0 Å². The summed E-state index contributed by atoms with van der Waals surface area (Å²) in [5.74, 6) is -0.193. The Balaban J connectivity index is 2.55. The Labute approximate surface area is 103 Å². The summed E-state index contributed by atoms with van der Waals surface area (Å²) in [4.78, 5) is 11.9. The highest BCUT2D eigenvalue weighted by molar-refractivity contribution is 5.78. The lowest BCUT2D eigenvalue weighted by Crippen LogP contribution is -2.58. The predicted molar refractivity (Wildman–Crippen MR) is 66.6 cm³/mol. The molecule has 0 heterocycles. The third-order valence-corrected chi connectivity index (χ3v) is 4.01. The first-order chi connectivity index (χ1) is 7.56. The Morgan fingerprint density at radius 1 is 1.24 bits per heavy atom. The van der Waals surface area contributed by atoms with Crippen molar-refractivity contribution in [3.8, 4) is 0 Å². The molecule has 1 fully saturated rings. The van der Waals surface area contributed by atoms with Crippen LogP contribution < -0.4 is 5.32 Å². The summed E-state index contributed by atoms with van der Waals surface area (Å²) in [7, 11) is 0. The van der Waals surface area contributed by atoms with Gasteiger partial charge in [-0.1, -0.05) is 12.8 Å². The van der Waals surface area contributed by atoms with Crippen molar-refractivity contribution in [1.29, 1.82) is 0 Å². The van der Waals surface area contributed by atoms with Crippen molar-refractivity contribution in [2.45, 2.75) is 76.5 Å². The fourth-order valence-electron chi connectivity index (χ4n) is 2.05. The summed E-state index contributed by atoms with van der Waals surface area (Å²) in [5.41, 5.74) is -2.54. The van der Waals surface area contributed by atoms with E-state index in [-0.39, 0.29) is 12.3 Å². The molecule has 17 heavy (non-hydrogen) atoms. The third-order valence-electron chi connectivity index (χ3n) is 4.01. The molecule has 1 aliphatic rings. The van der Waals surface area contributed by atoms with Crippen molar-refractivity contribution in [2.24, 2.45) is 0 Å². The monoisotopic (exact) mass is 243 g/mol. The van der Waals surface area contributed by atoms with Gasteiger partial charge in [-0.05, 0) is 40.5 Å². The lowest BCUT2D eigenvalue weighted by Gasteiger charge is -2.38. The van der Waals surface area contributed by atoms with Crippen LogP contribution in [-0.4, -0.2) is 32.9 Å². The van der Waals surface area contributed by atoms with Crippen molar-refractivity contribution in [1.82, 2.24) is 5.32 Å². The standard InChI is InChI=1S/C13H25NO3/c1-11(2,12(3,4)16)14-10(15)9-13(17)7-5-6-8-13/h16-17H,5-9H2,1-4H3,(H,14,15). The van der Waals surface area contributed by atoms with E-state index in [4.69, 9.17) is 0 Å². The molecule has 0 aromatic heterocycles. The molecule has 0 unspecified atom stereocenters. The van der Waals surface area contributed by atoms with Gasteiger partial charge >= 0.3 is 0 Å². The van der Waals surface area contributed by atoms with E-state index < -0.39 is 16.7 Å². The second-order valence-corrected chi connectivity index (χ2v) is 6.34. The van der Waals surface area contributed by atoms with E-state index in [1.807, 2.05) is 0 Å². The molecule has 1 aliphatic carbocycles. The second-order valence-electron chi connectivity index (χ2n) is 6.34. The molecule has 0 saturated heterocycles. The lowest BCUT2D eigenvalue weighted by molar-refractivity contribution is -0.130. The quantitative estimate of drug-likeness (QED) is 0.698. The van der Waals surface area contributed by atoms with Crippen molar-refractivity contribution in [3.05, 3.63) is 0 Å². The highest BCUT2D eigenvalue weighted by Crippen LogP contribution is 2.32. The number of carbonyl (C=O) groups excluding carboxylic acids is 1. The fraction of sp³-hybridized carbons (Fsp3) is 0.923. The van der Waals surface area contributed by atoms with Crippen LogP contribution in [0.15, 0.2) is 0 Å². The molecule has 0 radical (unpaired) electrons. The van der Waals surface area contributed by atoms with Gasteiger partial charge in [0.15, 0.2) is 0 Å². The highest BCUT2D eigenvalue weighted by atomic mass is 16.3. The Bertz CT molecular complexity index is 286. The molecular weight excluding hydrogens is 218 g/mol. The fourth-order valence-corrected chi connectivity index (χ4v) is 2.05. The Hall–Kier alpha value is -0.610. The van der Waals surface area contributed by atoms with Gasteiger partial charge in [-0.15, -0.1) is 0 Å². The summed E-state index contributed by atoms with van der Waals surface area (Å²) < 4.78 is 0. The van der Waals surface area contributed by atoms with Gasteiger partial charge in [-0.25, -0.2) is 0 Å². The molecule has 4 nitrogen and oxygen atoms in total. The van der Waals surface area contributed by atoms with Crippen molar-refractivity contribution >= 4 is 5.91 Å². The van der Waals surface area contributed by atoms with Gasteiger partial charge in [0, 0.05) is 0 Å². The molecule has 100 valence electrons. The SMILES string of the molecule is CC(C)(O)C(C)(C)NC(=O)CC1(O)CCCC1. The zero-order valence-corrected chi connectivity index (χ0v) is 11.3. The number of nitrogens with one attached hydrogen (secondary N) is 1. The number of hydrogen-bond donors (Lipinski definition) is 3. The van der Waals surface area contributed by atoms with Crippen LogP contribution >= 0.6 is 0 Å².